The molecule has 1 spiro atoms. The Kier molecular flexibility index (Phi) is 4.54. The Morgan fingerprint density at radius 1 is 1.00 bits per heavy atom. The lowest BCUT2D eigenvalue weighted by molar-refractivity contribution is -0.242. The van der Waals surface area contributed by atoms with Crippen LogP contribution in [0.4, 0.5) is 0 Å². The maximum atomic E-state index is 11.5. The van der Waals surface area contributed by atoms with Gasteiger partial charge < -0.3 is 19.4 Å². The fourth-order valence-corrected chi connectivity index (χ4v) is 8.92. The highest BCUT2D eigenvalue weighted by molar-refractivity contribution is 5.53. The van der Waals surface area contributed by atoms with Crippen LogP contribution in [-0.4, -0.2) is 36.5 Å². The summed E-state index contributed by atoms with van der Waals surface area (Å²) in [6, 6.07) is 0. The quantitative estimate of drug-likeness (QED) is 0.718. The lowest BCUT2D eigenvalue weighted by Crippen LogP contribution is -2.60. The van der Waals surface area contributed by atoms with Gasteiger partial charge in [0.1, 0.15) is 6.29 Å². The molecule has 1 N–H and O–H groups in total. The standard InChI is InChI=1S/C24H38O4/c1-15(14-25)17-4-5-18-21-19(6-7-23(17,18)3)22(2)8-9-24(27-10-11-28-24)13-16(22)12-20(21)26/h14-21,26H,4-13H2,1-3H3/t15-,16?,17-,18?,19?,20-,21?,22+,23-/m1/s1. The summed E-state index contributed by atoms with van der Waals surface area (Å²) in [4.78, 5) is 11.5. The van der Waals surface area contributed by atoms with Crippen LogP contribution in [0, 0.1) is 46.3 Å². The van der Waals surface area contributed by atoms with Crippen molar-refractivity contribution < 1.29 is 19.4 Å². The molecule has 5 fully saturated rings. The molecule has 0 aromatic heterocycles. The lowest BCUT2D eigenvalue weighted by Gasteiger charge is -2.63. The van der Waals surface area contributed by atoms with E-state index in [4.69, 9.17) is 9.47 Å². The summed E-state index contributed by atoms with van der Waals surface area (Å²) in [5, 5.41) is 11.4. The zero-order valence-electron chi connectivity index (χ0n) is 17.9. The first-order valence-corrected chi connectivity index (χ1v) is 11.7. The Balaban J connectivity index is 1.42. The van der Waals surface area contributed by atoms with Crippen molar-refractivity contribution in [3.8, 4) is 0 Å². The SMILES string of the molecule is C[C@H](C=O)[C@H]1CCC2C3C(CC[C@@]21C)[C@@]1(C)CCC2(CC1C[C@H]3O)OCCO2. The molecule has 0 bridgehead atoms. The number of hydrogen-bond acceptors (Lipinski definition) is 4. The number of aliphatic hydroxyl groups is 1. The van der Waals surface area contributed by atoms with Crippen molar-refractivity contribution in [2.75, 3.05) is 13.2 Å². The predicted octanol–water partition coefficient (Wildman–Crippen LogP) is 4.19. The van der Waals surface area contributed by atoms with Gasteiger partial charge in [0.15, 0.2) is 5.79 Å². The van der Waals surface area contributed by atoms with E-state index in [1.807, 2.05) is 0 Å². The zero-order chi connectivity index (χ0) is 19.7. The van der Waals surface area contributed by atoms with Gasteiger partial charge in [-0.15, -0.1) is 0 Å². The predicted molar refractivity (Wildman–Crippen MR) is 106 cm³/mol. The van der Waals surface area contributed by atoms with E-state index in [0.29, 0.717) is 35.0 Å². The molecule has 0 aromatic carbocycles. The van der Waals surface area contributed by atoms with E-state index in [0.717, 1.165) is 45.3 Å². The van der Waals surface area contributed by atoms with Crippen molar-refractivity contribution in [2.24, 2.45) is 46.3 Å². The average molecular weight is 391 g/mol. The largest absolute Gasteiger partial charge is 0.393 e. The third-order valence-corrected chi connectivity index (χ3v) is 10.4. The first kappa shape index (κ1) is 19.5. The molecule has 0 radical (unpaired) electrons. The van der Waals surface area contributed by atoms with E-state index in [9.17, 15) is 9.90 Å². The van der Waals surface area contributed by atoms with Gasteiger partial charge in [-0.25, -0.2) is 0 Å². The van der Waals surface area contributed by atoms with Crippen LogP contribution in [0.2, 0.25) is 0 Å². The van der Waals surface area contributed by atoms with Gasteiger partial charge in [-0.1, -0.05) is 20.8 Å². The van der Waals surface area contributed by atoms with E-state index in [-0.39, 0.29) is 23.2 Å². The highest BCUT2D eigenvalue weighted by Gasteiger charge is 2.64. The number of carbonyl (C=O) groups is 1. The topological polar surface area (TPSA) is 55.8 Å². The summed E-state index contributed by atoms with van der Waals surface area (Å²) in [6.07, 6.45) is 9.73. The van der Waals surface area contributed by atoms with Crippen LogP contribution < -0.4 is 0 Å². The summed E-state index contributed by atoms with van der Waals surface area (Å²) >= 11 is 0. The van der Waals surface area contributed by atoms with E-state index < -0.39 is 0 Å². The summed E-state index contributed by atoms with van der Waals surface area (Å²) in [7, 11) is 0. The van der Waals surface area contributed by atoms with E-state index >= 15 is 0 Å². The summed E-state index contributed by atoms with van der Waals surface area (Å²) in [6.45, 7) is 8.48. The maximum absolute atomic E-state index is 11.5. The third-order valence-electron chi connectivity index (χ3n) is 10.4. The first-order valence-electron chi connectivity index (χ1n) is 11.7. The maximum Gasteiger partial charge on any atom is 0.168 e. The van der Waals surface area contributed by atoms with Crippen molar-refractivity contribution in [1.82, 2.24) is 0 Å². The number of aldehydes is 1. The second kappa shape index (κ2) is 6.52. The Morgan fingerprint density at radius 3 is 2.43 bits per heavy atom. The number of rotatable bonds is 2. The van der Waals surface area contributed by atoms with Crippen molar-refractivity contribution >= 4 is 6.29 Å². The number of hydrogen-bond donors (Lipinski definition) is 1. The molecule has 5 rings (SSSR count). The average Bonchev–Trinajstić information content (AvgIpc) is 3.27. The van der Waals surface area contributed by atoms with Crippen LogP contribution in [0.3, 0.4) is 0 Å². The van der Waals surface area contributed by atoms with Crippen LogP contribution in [0.1, 0.15) is 72.1 Å². The second-order valence-electron chi connectivity index (χ2n) is 11.3. The minimum absolute atomic E-state index is 0.141. The monoisotopic (exact) mass is 390 g/mol. The molecule has 0 amide bonds. The summed E-state index contributed by atoms with van der Waals surface area (Å²) in [5.41, 5.74) is 0.513. The van der Waals surface area contributed by atoms with E-state index in [2.05, 4.69) is 20.8 Å². The zero-order valence-corrected chi connectivity index (χ0v) is 17.9. The second-order valence-corrected chi connectivity index (χ2v) is 11.3. The van der Waals surface area contributed by atoms with Gasteiger partial charge in [0.2, 0.25) is 0 Å². The molecule has 4 aliphatic carbocycles. The van der Waals surface area contributed by atoms with Gasteiger partial charge in [0, 0.05) is 18.8 Å². The Labute approximate surface area is 169 Å². The van der Waals surface area contributed by atoms with Crippen LogP contribution in [-0.2, 0) is 14.3 Å². The first-order chi connectivity index (χ1) is 13.3. The Bertz CT molecular complexity index is 628. The molecule has 0 aromatic rings. The van der Waals surface area contributed by atoms with E-state index in [1.165, 1.54) is 25.5 Å². The molecule has 1 saturated heterocycles. The van der Waals surface area contributed by atoms with Gasteiger partial charge in [-0.05, 0) is 78.9 Å². The number of aliphatic hydroxyl groups excluding tert-OH is 1. The minimum atomic E-state index is -0.363. The molecule has 4 nitrogen and oxygen atoms in total. The smallest absolute Gasteiger partial charge is 0.168 e. The van der Waals surface area contributed by atoms with Crippen LogP contribution >= 0.6 is 0 Å². The Hall–Kier alpha value is -0.450. The molecule has 4 unspecified atom stereocenters. The van der Waals surface area contributed by atoms with Crippen molar-refractivity contribution in [3.05, 3.63) is 0 Å². The molecular formula is C24H38O4. The lowest BCUT2D eigenvalue weighted by atomic mass is 9.43. The van der Waals surface area contributed by atoms with E-state index in [1.54, 1.807) is 0 Å². The normalized spacial score (nSPS) is 53.3. The molecule has 158 valence electrons. The fraction of sp³-hybridized carbons (Fsp3) is 0.958. The fourth-order valence-electron chi connectivity index (χ4n) is 8.92. The Morgan fingerprint density at radius 2 is 1.71 bits per heavy atom. The summed E-state index contributed by atoms with van der Waals surface area (Å²) in [5.74, 6) is 2.34. The molecule has 4 heteroatoms. The van der Waals surface area contributed by atoms with Crippen LogP contribution in [0.15, 0.2) is 0 Å². The van der Waals surface area contributed by atoms with Crippen molar-refractivity contribution in [1.29, 1.82) is 0 Å². The molecule has 1 aliphatic heterocycles. The molecule has 9 atom stereocenters. The van der Waals surface area contributed by atoms with Gasteiger partial charge in [0.25, 0.3) is 0 Å². The van der Waals surface area contributed by atoms with Crippen molar-refractivity contribution in [3.63, 3.8) is 0 Å². The minimum Gasteiger partial charge on any atom is -0.393 e. The third kappa shape index (κ3) is 2.56. The van der Waals surface area contributed by atoms with Crippen LogP contribution in [0.5, 0.6) is 0 Å². The summed E-state index contributed by atoms with van der Waals surface area (Å²) < 4.78 is 12.1. The number of ether oxygens (including phenoxy) is 2. The van der Waals surface area contributed by atoms with Gasteiger partial charge >= 0.3 is 0 Å². The van der Waals surface area contributed by atoms with Gasteiger partial charge in [-0.3, -0.25) is 0 Å². The molecule has 4 saturated carbocycles. The molecule has 1 heterocycles. The van der Waals surface area contributed by atoms with Crippen LogP contribution in [0.25, 0.3) is 0 Å². The van der Waals surface area contributed by atoms with Gasteiger partial charge in [-0.2, -0.15) is 0 Å². The molecular weight excluding hydrogens is 352 g/mol. The van der Waals surface area contributed by atoms with Gasteiger partial charge in [0.05, 0.1) is 19.3 Å². The number of carbonyl (C=O) groups excluding carboxylic acids is 1. The highest BCUT2D eigenvalue weighted by Crippen LogP contribution is 2.69. The highest BCUT2D eigenvalue weighted by atomic mass is 16.7. The molecule has 28 heavy (non-hydrogen) atoms. The molecule has 5 aliphatic rings. The number of fused-ring (bicyclic) bond motifs is 5. The van der Waals surface area contributed by atoms with Crippen molar-refractivity contribution in [2.45, 2.75) is 84.0 Å².